The minimum Gasteiger partial charge on any atom is -0.368 e. The van der Waals surface area contributed by atoms with E-state index in [0.29, 0.717) is 0 Å². The summed E-state index contributed by atoms with van der Waals surface area (Å²) in [6.45, 7) is 0. The van der Waals surface area contributed by atoms with Gasteiger partial charge < -0.3 is 4.98 Å². The van der Waals surface area contributed by atoms with Crippen LogP contribution >= 0.6 is 0 Å². The van der Waals surface area contributed by atoms with Gasteiger partial charge >= 0.3 is 0 Å². The monoisotopic (exact) mass is 94.0 g/mol. The van der Waals surface area contributed by atoms with E-state index in [4.69, 9.17) is 0 Å². The van der Waals surface area contributed by atoms with Gasteiger partial charge in [-0.3, -0.25) is 0 Å². The first kappa shape index (κ1) is 5.81. The van der Waals surface area contributed by atoms with Gasteiger partial charge in [0, 0.05) is 29.8 Å². The maximum absolute atomic E-state index is 2.86. The highest BCUT2D eigenvalue weighted by Crippen LogP contribution is 1.72. The Bertz CT molecular complexity index is 64.0. The Labute approximate surface area is 47.5 Å². The van der Waals surface area contributed by atoms with E-state index in [-0.39, 0.29) is 17.4 Å². The molecule has 1 nitrogen and oxygen atoms in total. The average Bonchev–Trinajstić information content (AvgIpc) is 1.76. The number of nitrogens with one attached hydrogen (secondary N) is 1. The number of hydrogen-bond acceptors (Lipinski definition) is 0. The second-order valence-electron chi connectivity index (χ2n) is 0.885. The van der Waals surface area contributed by atoms with Crippen LogP contribution in [0.3, 0.4) is 0 Å². The summed E-state index contributed by atoms with van der Waals surface area (Å²) in [4.78, 5) is 2.86. The van der Waals surface area contributed by atoms with Crippen LogP contribution in [0, 0.1) is 0 Å². The Hall–Kier alpha value is -0.188. The third kappa shape index (κ3) is 1.30. The Balaban J connectivity index is 0.000000250. The molecule has 0 aromatic carbocycles. The molecule has 0 bridgehead atoms. The lowest BCUT2D eigenvalue weighted by atomic mass is 10.7. The van der Waals surface area contributed by atoms with Crippen molar-refractivity contribution >= 4 is 17.4 Å². The average molecular weight is 94.1 g/mol. The number of aromatic amines is 1. The fourth-order valence-corrected chi connectivity index (χ4v) is 0.278. The fourth-order valence-electron chi connectivity index (χ4n) is 0.278. The number of hydrogen-bond donors (Lipinski definition) is 1. The van der Waals surface area contributed by atoms with Crippen molar-refractivity contribution in [2.75, 3.05) is 0 Å². The van der Waals surface area contributed by atoms with Crippen LogP contribution in [-0.2, 0) is 0 Å². The molecule has 0 amide bonds. The molecule has 0 unspecified atom stereocenters. The summed E-state index contributed by atoms with van der Waals surface area (Å²) in [5.41, 5.74) is 0. The normalized spacial score (nSPS) is 6.67. The quantitative estimate of drug-likeness (QED) is 0.454. The van der Waals surface area contributed by atoms with Gasteiger partial charge in [0.2, 0.25) is 0 Å². The van der Waals surface area contributed by atoms with Gasteiger partial charge in [-0.1, -0.05) is 0 Å². The summed E-state index contributed by atoms with van der Waals surface area (Å²) in [6.07, 6.45) is 3.75. The van der Waals surface area contributed by atoms with Gasteiger partial charge in [0.1, 0.15) is 0 Å². The number of aromatic nitrogens is 1. The minimum atomic E-state index is 0. The largest absolute Gasteiger partial charge is 0.368 e. The fraction of sp³-hybridized carbons (Fsp3) is 0. The maximum atomic E-state index is 2.86. The highest BCUT2D eigenvalue weighted by Gasteiger charge is 1.55. The third-order valence-electron chi connectivity index (χ3n) is 0.496. The van der Waals surface area contributed by atoms with Crippen LogP contribution in [0.5, 0.6) is 0 Å². The van der Waals surface area contributed by atoms with Crippen LogP contribution < -0.4 is 0 Å². The molecular weight excluding hydrogens is 89.0 g/mol. The van der Waals surface area contributed by atoms with Crippen molar-refractivity contribution in [2.45, 2.75) is 0 Å². The molecule has 0 atom stereocenters. The van der Waals surface area contributed by atoms with Crippen LogP contribution in [0.25, 0.3) is 0 Å². The van der Waals surface area contributed by atoms with E-state index in [1.807, 2.05) is 24.5 Å². The first-order chi connectivity index (χ1) is 2.50. The van der Waals surface area contributed by atoms with Gasteiger partial charge in [0.15, 0.2) is 0 Å². The predicted octanol–water partition coefficient (Wildman–Crippen LogP) is 0.634. The molecule has 1 aromatic heterocycles. The van der Waals surface area contributed by atoms with E-state index < -0.39 is 0 Å². The van der Waals surface area contributed by atoms with Crippen molar-refractivity contribution < 1.29 is 0 Å². The molecule has 1 N–H and O–H groups in total. The second-order valence-corrected chi connectivity index (χ2v) is 0.885. The molecule has 0 saturated carbocycles. The van der Waals surface area contributed by atoms with Crippen molar-refractivity contribution in [3.8, 4) is 0 Å². The van der Waals surface area contributed by atoms with Crippen molar-refractivity contribution in [3.63, 3.8) is 0 Å². The topological polar surface area (TPSA) is 15.8 Å². The molecule has 0 saturated heterocycles. The lowest BCUT2D eigenvalue weighted by Gasteiger charge is -1.49. The zero-order chi connectivity index (χ0) is 3.54. The van der Waals surface area contributed by atoms with Gasteiger partial charge in [0.05, 0.1) is 0 Å². The van der Waals surface area contributed by atoms with Crippen LogP contribution in [0.2, 0.25) is 0 Å². The van der Waals surface area contributed by atoms with Gasteiger partial charge in [-0.05, 0) is 12.1 Å². The molecule has 2 heteroatoms. The second kappa shape index (κ2) is 3.02. The molecule has 0 aliphatic carbocycles. The third-order valence-corrected chi connectivity index (χ3v) is 0.496. The molecule has 1 rings (SSSR count). The lowest BCUT2D eigenvalue weighted by molar-refractivity contribution is 1.42. The van der Waals surface area contributed by atoms with Crippen LogP contribution in [0.4, 0.5) is 0 Å². The number of rotatable bonds is 0. The van der Waals surface area contributed by atoms with Gasteiger partial charge in [-0.15, -0.1) is 0 Å². The molecule has 0 aliphatic heterocycles. The zero-order valence-electron chi connectivity index (χ0n) is 3.39. The van der Waals surface area contributed by atoms with E-state index in [1.54, 1.807) is 0 Å². The van der Waals surface area contributed by atoms with Crippen LogP contribution in [0.1, 0.15) is 0 Å². The van der Waals surface area contributed by atoms with E-state index in [1.165, 1.54) is 0 Å². The SMILES string of the molecule is [Al].c1cc[nH]c1. The molecule has 1 heterocycles. The summed E-state index contributed by atoms with van der Waals surface area (Å²) in [5, 5.41) is 0. The van der Waals surface area contributed by atoms with Gasteiger partial charge in [0.25, 0.3) is 0 Å². The van der Waals surface area contributed by atoms with Gasteiger partial charge in [-0.25, -0.2) is 0 Å². The molecule has 6 heavy (non-hydrogen) atoms. The highest BCUT2D eigenvalue weighted by atomic mass is 27.0. The van der Waals surface area contributed by atoms with Gasteiger partial charge in [-0.2, -0.15) is 0 Å². The van der Waals surface area contributed by atoms with E-state index >= 15 is 0 Å². The summed E-state index contributed by atoms with van der Waals surface area (Å²) >= 11 is 0. The molecule has 3 radical (unpaired) electrons. The van der Waals surface area contributed by atoms with Crippen molar-refractivity contribution in [1.29, 1.82) is 0 Å². The summed E-state index contributed by atoms with van der Waals surface area (Å²) in [7, 11) is 0. The summed E-state index contributed by atoms with van der Waals surface area (Å²) in [6, 6.07) is 3.89. The Kier molecular flexibility index (Phi) is 2.93. The standard InChI is InChI=1S/C4H5N.Al/c1-2-4-5-3-1;/h1-5H;. The molecule has 0 fully saturated rings. The molecule has 1 aromatic rings. The zero-order valence-corrected chi connectivity index (χ0v) is 4.54. The van der Waals surface area contributed by atoms with Crippen LogP contribution in [0.15, 0.2) is 24.5 Å². The summed E-state index contributed by atoms with van der Waals surface area (Å²) < 4.78 is 0. The van der Waals surface area contributed by atoms with E-state index in [2.05, 4.69) is 4.98 Å². The van der Waals surface area contributed by atoms with E-state index in [9.17, 15) is 0 Å². The van der Waals surface area contributed by atoms with Crippen molar-refractivity contribution in [1.82, 2.24) is 4.98 Å². The number of H-pyrrole nitrogens is 1. The Morgan fingerprint density at radius 1 is 1.00 bits per heavy atom. The minimum absolute atomic E-state index is 0. The first-order valence-electron chi connectivity index (χ1n) is 1.58. The lowest BCUT2D eigenvalue weighted by Crippen LogP contribution is -1.38. The van der Waals surface area contributed by atoms with E-state index in [0.717, 1.165) is 0 Å². The molecule has 0 aliphatic rings. The first-order valence-corrected chi connectivity index (χ1v) is 1.58. The van der Waals surface area contributed by atoms with Crippen molar-refractivity contribution in [3.05, 3.63) is 24.5 Å². The van der Waals surface area contributed by atoms with Crippen LogP contribution in [-0.4, -0.2) is 22.3 Å². The molecular formula is C4H5AlN. The summed E-state index contributed by atoms with van der Waals surface area (Å²) in [5.74, 6) is 0. The molecule has 0 spiro atoms. The van der Waals surface area contributed by atoms with Crippen molar-refractivity contribution in [2.24, 2.45) is 0 Å². The smallest absolute Gasteiger partial charge is 0.000496 e. The Morgan fingerprint density at radius 3 is 1.67 bits per heavy atom. The Morgan fingerprint density at radius 2 is 1.50 bits per heavy atom. The predicted molar refractivity (Wildman–Crippen MR) is 26.5 cm³/mol. The molecule has 29 valence electrons. The maximum Gasteiger partial charge on any atom is 0.000496 e. The highest BCUT2D eigenvalue weighted by molar-refractivity contribution is 5.75.